The van der Waals surface area contributed by atoms with E-state index < -0.39 is 0 Å². The molecule has 0 aliphatic rings. The van der Waals surface area contributed by atoms with E-state index in [0.717, 1.165) is 16.8 Å². The van der Waals surface area contributed by atoms with Gasteiger partial charge in [0.25, 0.3) is 11.3 Å². The molecule has 0 atom stereocenters. The molecule has 2 N–H and O–H groups in total. The molecule has 28 heavy (non-hydrogen) atoms. The molecule has 0 saturated carbocycles. The molecule has 0 bridgehead atoms. The topological polar surface area (TPSA) is 84.3 Å². The summed E-state index contributed by atoms with van der Waals surface area (Å²) in [6.45, 7) is 2.33. The van der Waals surface area contributed by atoms with Crippen molar-refractivity contribution in [3.05, 3.63) is 75.2 Å². The Morgan fingerprint density at radius 1 is 1.18 bits per heavy atom. The summed E-state index contributed by atoms with van der Waals surface area (Å²) >= 11 is 6.05. The van der Waals surface area contributed by atoms with Gasteiger partial charge in [-0.2, -0.15) is 9.50 Å². The molecule has 0 unspecified atom stereocenters. The van der Waals surface area contributed by atoms with Crippen LogP contribution in [-0.2, 0) is 6.54 Å². The number of benzene rings is 2. The van der Waals surface area contributed by atoms with Gasteiger partial charge in [-0.15, -0.1) is 0 Å². The molecule has 8 heteroatoms. The zero-order chi connectivity index (χ0) is 19.7. The number of rotatable bonds is 5. The second-order valence-electron chi connectivity index (χ2n) is 6.36. The molecule has 2 aromatic carbocycles. The van der Waals surface area contributed by atoms with Crippen LogP contribution in [0.5, 0.6) is 5.75 Å². The molecular formula is C20H18ClN5O2. The maximum Gasteiger partial charge on any atom is 0.274 e. The number of nitrogens with zero attached hydrogens (tertiary/aromatic N) is 3. The maximum atomic E-state index is 12.5. The van der Waals surface area contributed by atoms with Gasteiger partial charge in [0.1, 0.15) is 5.75 Å². The van der Waals surface area contributed by atoms with Crippen molar-refractivity contribution in [1.29, 1.82) is 0 Å². The van der Waals surface area contributed by atoms with Crippen molar-refractivity contribution in [2.45, 2.75) is 13.5 Å². The zero-order valence-corrected chi connectivity index (χ0v) is 16.1. The van der Waals surface area contributed by atoms with E-state index in [1.165, 1.54) is 10.6 Å². The summed E-state index contributed by atoms with van der Waals surface area (Å²) in [4.78, 5) is 21.4. The predicted molar refractivity (Wildman–Crippen MR) is 109 cm³/mol. The van der Waals surface area contributed by atoms with Crippen molar-refractivity contribution >= 4 is 23.1 Å². The van der Waals surface area contributed by atoms with Gasteiger partial charge in [-0.25, -0.2) is 4.98 Å². The Morgan fingerprint density at radius 2 is 2.04 bits per heavy atom. The van der Waals surface area contributed by atoms with Crippen LogP contribution in [0.15, 0.2) is 53.3 Å². The molecule has 0 spiro atoms. The number of hydrogen-bond acceptors (Lipinski definition) is 5. The van der Waals surface area contributed by atoms with Crippen LogP contribution < -0.4 is 15.6 Å². The molecular weight excluding hydrogens is 378 g/mol. The Hall–Kier alpha value is -3.32. The molecule has 4 aromatic rings. The van der Waals surface area contributed by atoms with Crippen LogP contribution in [0.2, 0.25) is 5.02 Å². The Morgan fingerprint density at radius 3 is 2.82 bits per heavy atom. The fourth-order valence-electron chi connectivity index (χ4n) is 2.94. The van der Waals surface area contributed by atoms with Crippen LogP contribution in [0.3, 0.4) is 0 Å². The number of methoxy groups -OCH3 is 1. The average molecular weight is 396 g/mol. The van der Waals surface area contributed by atoms with Crippen molar-refractivity contribution in [1.82, 2.24) is 19.6 Å². The number of anilines is 1. The summed E-state index contributed by atoms with van der Waals surface area (Å²) in [6, 6.07) is 14.6. The van der Waals surface area contributed by atoms with E-state index >= 15 is 0 Å². The number of fused-ring (bicyclic) bond motifs is 1. The SMILES string of the molecule is COc1ccc(Cl)cc1NCc1cc(=O)n2[nH]c(-c3cccc(C)c3)nc2n1. The minimum atomic E-state index is -0.230. The molecule has 7 nitrogen and oxygen atoms in total. The number of ether oxygens (including phenoxy) is 1. The lowest BCUT2D eigenvalue weighted by atomic mass is 10.1. The predicted octanol–water partition coefficient (Wildman–Crippen LogP) is 3.67. The molecule has 0 radical (unpaired) electrons. The van der Waals surface area contributed by atoms with Crippen molar-refractivity contribution < 1.29 is 4.74 Å². The van der Waals surface area contributed by atoms with Crippen LogP contribution in [0.4, 0.5) is 5.69 Å². The summed E-state index contributed by atoms with van der Waals surface area (Å²) in [5.41, 5.74) is 3.06. The highest BCUT2D eigenvalue weighted by molar-refractivity contribution is 6.30. The summed E-state index contributed by atoms with van der Waals surface area (Å²) in [5, 5.41) is 6.79. The summed E-state index contributed by atoms with van der Waals surface area (Å²) in [5.74, 6) is 1.57. The van der Waals surface area contributed by atoms with Gasteiger partial charge >= 0.3 is 0 Å². The normalized spacial score (nSPS) is 11.0. The van der Waals surface area contributed by atoms with Gasteiger partial charge in [0, 0.05) is 16.7 Å². The zero-order valence-electron chi connectivity index (χ0n) is 15.4. The minimum absolute atomic E-state index is 0.230. The second kappa shape index (κ2) is 7.36. The van der Waals surface area contributed by atoms with E-state index in [2.05, 4.69) is 20.4 Å². The number of hydrogen-bond donors (Lipinski definition) is 2. The van der Waals surface area contributed by atoms with Gasteiger partial charge in [-0.1, -0.05) is 35.4 Å². The molecule has 142 valence electrons. The first kappa shape index (κ1) is 18.1. The third-order valence-corrected chi connectivity index (χ3v) is 4.53. The lowest BCUT2D eigenvalue weighted by Crippen LogP contribution is -2.17. The Bertz CT molecular complexity index is 1210. The number of aromatic amines is 1. The molecule has 0 aliphatic heterocycles. The number of aromatic nitrogens is 4. The van der Waals surface area contributed by atoms with E-state index in [4.69, 9.17) is 16.3 Å². The Kier molecular flexibility index (Phi) is 4.75. The van der Waals surface area contributed by atoms with Crippen molar-refractivity contribution in [3.8, 4) is 17.1 Å². The number of halogens is 1. The van der Waals surface area contributed by atoms with Gasteiger partial charge in [0.15, 0.2) is 5.82 Å². The standard InChI is InChI=1S/C20H18ClN5O2/c1-12-4-3-5-13(8-12)19-24-20-23-15(10-18(27)26(20)25-19)11-22-16-9-14(21)6-7-17(16)28-2/h3-10,22H,11H2,1-2H3,(H,23,24,25). The highest BCUT2D eigenvalue weighted by Gasteiger charge is 2.11. The molecule has 0 saturated heterocycles. The van der Waals surface area contributed by atoms with Crippen LogP contribution >= 0.6 is 11.6 Å². The molecule has 2 heterocycles. The molecule has 0 amide bonds. The molecule has 0 aliphatic carbocycles. The Labute approximate surface area is 166 Å². The molecule has 0 fully saturated rings. The lowest BCUT2D eigenvalue weighted by Gasteiger charge is -2.11. The molecule has 4 rings (SSSR count). The van der Waals surface area contributed by atoms with Crippen LogP contribution in [0.1, 0.15) is 11.3 Å². The van der Waals surface area contributed by atoms with Crippen molar-refractivity contribution in [3.63, 3.8) is 0 Å². The maximum absolute atomic E-state index is 12.5. The summed E-state index contributed by atoms with van der Waals surface area (Å²) in [7, 11) is 1.58. The van der Waals surface area contributed by atoms with Crippen LogP contribution in [0, 0.1) is 6.92 Å². The van der Waals surface area contributed by atoms with Crippen molar-refractivity contribution in [2.24, 2.45) is 0 Å². The van der Waals surface area contributed by atoms with Gasteiger partial charge in [-0.05, 0) is 31.2 Å². The highest BCUT2D eigenvalue weighted by Crippen LogP contribution is 2.28. The van der Waals surface area contributed by atoms with E-state index in [9.17, 15) is 4.79 Å². The van der Waals surface area contributed by atoms with Crippen LogP contribution in [-0.4, -0.2) is 26.7 Å². The minimum Gasteiger partial charge on any atom is -0.495 e. The number of nitrogens with one attached hydrogen (secondary N) is 2. The first-order valence-electron chi connectivity index (χ1n) is 8.66. The first-order chi connectivity index (χ1) is 13.5. The summed E-state index contributed by atoms with van der Waals surface area (Å²) in [6.07, 6.45) is 0. The third-order valence-electron chi connectivity index (χ3n) is 4.30. The van der Waals surface area contributed by atoms with E-state index in [0.29, 0.717) is 34.6 Å². The van der Waals surface area contributed by atoms with Gasteiger partial charge in [0.2, 0.25) is 0 Å². The second-order valence-corrected chi connectivity index (χ2v) is 6.80. The fourth-order valence-corrected chi connectivity index (χ4v) is 3.12. The lowest BCUT2D eigenvalue weighted by molar-refractivity contribution is 0.416. The van der Waals surface area contributed by atoms with E-state index in [-0.39, 0.29) is 5.56 Å². The number of H-pyrrole nitrogens is 1. The monoisotopic (exact) mass is 395 g/mol. The summed E-state index contributed by atoms with van der Waals surface area (Å²) < 4.78 is 6.65. The van der Waals surface area contributed by atoms with E-state index in [1.807, 2.05) is 31.2 Å². The van der Waals surface area contributed by atoms with Gasteiger partial charge in [0.05, 0.1) is 25.0 Å². The third kappa shape index (κ3) is 3.57. The first-order valence-corrected chi connectivity index (χ1v) is 9.04. The average Bonchev–Trinajstić information content (AvgIpc) is 3.11. The molecule has 2 aromatic heterocycles. The van der Waals surface area contributed by atoms with Crippen LogP contribution in [0.25, 0.3) is 17.2 Å². The van der Waals surface area contributed by atoms with E-state index in [1.54, 1.807) is 25.3 Å². The van der Waals surface area contributed by atoms with Gasteiger partial charge in [-0.3, -0.25) is 9.89 Å². The fraction of sp³-hybridized carbons (Fsp3) is 0.150. The highest BCUT2D eigenvalue weighted by atomic mass is 35.5. The largest absolute Gasteiger partial charge is 0.495 e. The smallest absolute Gasteiger partial charge is 0.274 e. The van der Waals surface area contributed by atoms with Gasteiger partial charge < -0.3 is 10.1 Å². The van der Waals surface area contributed by atoms with Crippen molar-refractivity contribution in [2.75, 3.05) is 12.4 Å². The number of aryl methyl sites for hydroxylation is 1. The quantitative estimate of drug-likeness (QED) is 0.538. The Balaban J connectivity index is 1.64.